The molecule has 2 atom stereocenters. The smallest absolute Gasteiger partial charge is 0.489 e. The number of methoxy groups -OCH3 is 2. The summed E-state index contributed by atoms with van der Waals surface area (Å²) in [5, 5.41) is 3.10. The Bertz CT molecular complexity index is 990. The van der Waals surface area contributed by atoms with E-state index in [4.69, 9.17) is 21.1 Å². The van der Waals surface area contributed by atoms with Gasteiger partial charge in [-0.15, -0.1) is 0 Å². The van der Waals surface area contributed by atoms with E-state index in [2.05, 4.69) is 14.8 Å². The van der Waals surface area contributed by atoms with E-state index in [1.165, 1.54) is 14.2 Å². The molecule has 2 aromatic rings. The van der Waals surface area contributed by atoms with Crippen LogP contribution in [0.15, 0.2) is 66.9 Å². The van der Waals surface area contributed by atoms with Crippen molar-refractivity contribution in [3.05, 3.63) is 66.9 Å². The fraction of sp³-hybridized carbons (Fsp3) is 0.273. The maximum Gasteiger partial charge on any atom is 0.508 e. The number of nitrogens with one attached hydrogen (secondary N) is 1. The molecule has 3 rings (SSSR count). The number of alkyl halides is 1. The first-order chi connectivity index (χ1) is 14.9. The zero-order valence-electron chi connectivity index (χ0n) is 17.1. The quantitative estimate of drug-likeness (QED) is 0.390. The molecule has 0 bridgehead atoms. The fourth-order valence-electron chi connectivity index (χ4n) is 3.07. The molecule has 0 spiro atoms. The molecule has 31 heavy (non-hydrogen) atoms. The van der Waals surface area contributed by atoms with Gasteiger partial charge in [0.15, 0.2) is 6.10 Å². The summed E-state index contributed by atoms with van der Waals surface area (Å²) in [4.78, 5) is 25.1. The van der Waals surface area contributed by atoms with Crippen molar-refractivity contribution in [3.8, 4) is 5.75 Å². The Balaban J connectivity index is 1.77. The van der Waals surface area contributed by atoms with Gasteiger partial charge in [-0.2, -0.15) is 0 Å². The number of carbonyl (C=O) groups excluding carboxylic acids is 2. The summed E-state index contributed by atoms with van der Waals surface area (Å²) < 4.78 is 20.6. The maximum absolute atomic E-state index is 11.8. The SMILES string of the molecule is COC(=O)NC1(Cl)C=CC=CN1CC(COc1cccc2ccccc12)OC(=O)OC. The van der Waals surface area contributed by atoms with Crippen LogP contribution in [0.1, 0.15) is 0 Å². The maximum atomic E-state index is 11.8. The average Bonchev–Trinajstić information content (AvgIpc) is 2.78. The lowest BCUT2D eigenvalue weighted by atomic mass is 10.1. The Morgan fingerprint density at radius 3 is 2.65 bits per heavy atom. The predicted molar refractivity (Wildman–Crippen MR) is 116 cm³/mol. The highest BCUT2D eigenvalue weighted by Gasteiger charge is 2.36. The summed E-state index contributed by atoms with van der Waals surface area (Å²) in [6, 6.07) is 13.5. The monoisotopic (exact) mass is 446 g/mol. The van der Waals surface area contributed by atoms with Crippen LogP contribution in [0, 0.1) is 0 Å². The van der Waals surface area contributed by atoms with Crippen LogP contribution in [-0.2, 0) is 14.2 Å². The number of benzene rings is 2. The number of nitrogens with zero attached hydrogens (tertiary/aromatic N) is 1. The molecule has 1 amide bonds. The molecule has 2 unspecified atom stereocenters. The lowest BCUT2D eigenvalue weighted by Gasteiger charge is -2.39. The van der Waals surface area contributed by atoms with Crippen LogP contribution in [0.25, 0.3) is 10.8 Å². The van der Waals surface area contributed by atoms with Crippen LogP contribution in [0.5, 0.6) is 5.75 Å². The normalized spacial score (nSPS) is 18.4. The van der Waals surface area contributed by atoms with Gasteiger partial charge in [0.05, 0.1) is 20.8 Å². The third kappa shape index (κ3) is 5.61. The average molecular weight is 447 g/mol. The Kier molecular flexibility index (Phi) is 7.25. The van der Waals surface area contributed by atoms with E-state index in [1.54, 1.807) is 29.3 Å². The van der Waals surface area contributed by atoms with E-state index in [-0.39, 0.29) is 13.2 Å². The van der Waals surface area contributed by atoms with E-state index >= 15 is 0 Å². The van der Waals surface area contributed by atoms with Gasteiger partial charge in [-0.05, 0) is 23.6 Å². The van der Waals surface area contributed by atoms with Crippen molar-refractivity contribution in [3.63, 3.8) is 0 Å². The molecule has 1 aliphatic heterocycles. The van der Waals surface area contributed by atoms with Crippen LogP contribution in [-0.4, -0.2) is 55.7 Å². The van der Waals surface area contributed by atoms with Gasteiger partial charge in [-0.1, -0.05) is 54.1 Å². The summed E-state index contributed by atoms with van der Waals surface area (Å²) in [5.74, 6) is 0.649. The highest BCUT2D eigenvalue weighted by molar-refractivity contribution is 6.25. The Morgan fingerprint density at radius 2 is 1.87 bits per heavy atom. The molecule has 0 fully saturated rings. The number of amides is 1. The van der Waals surface area contributed by atoms with Crippen LogP contribution < -0.4 is 10.1 Å². The minimum absolute atomic E-state index is 0.0301. The van der Waals surface area contributed by atoms with Crippen molar-refractivity contribution in [2.45, 2.75) is 11.2 Å². The van der Waals surface area contributed by atoms with Gasteiger partial charge in [0.25, 0.3) is 0 Å². The van der Waals surface area contributed by atoms with E-state index in [1.807, 2.05) is 42.5 Å². The fourth-order valence-corrected chi connectivity index (χ4v) is 3.35. The molecule has 0 aromatic heterocycles. The zero-order valence-corrected chi connectivity index (χ0v) is 17.9. The molecule has 0 saturated heterocycles. The molecule has 1 N–H and O–H groups in total. The molecule has 9 heteroatoms. The Labute approximate surface area is 184 Å². The molecular weight excluding hydrogens is 424 g/mol. The van der Waals surface area contributed by atoms with Crippen molar-refractivity contribution < 1.29 is 28.5 Å². The van der Waals surface area contributed by atoms with E-state index in [0.29, 0.717) is 5.75 Å². The molecular formula is C22H23ClN2O6. The van der Waals surface area contributed by atoms with Crippen molar-refractivity contribution in [2.24, 2.45) is 0 Å². The first-order valence-corrected chi connectivity index (χ1v) is 9.86. The number of carbonyl (C=O) groups is 2. The lowest BCUT2D eigenvalue weighted by Crippen LogP contribution is -2.56. The molecule has 8 nitrogen and oxygen atoms in total. The van der Waals surface area contributed by atoms with Gasteiger partial charge in [-0.3, -0.25) is 5.32 Å². The molecule has 0 radical (unpaired) electrons. The summed E-state index contributed by atoms with van der Waals surface area (Å²) >= 11 is 6.59. The third-order valence-corrected chi connectivity index (χ3v) is 5.02. The van der Waals surface area contributed by atoms with Crippen LogP contribution in [0.4, 0.5) is 9.59 Å². The number of halogens is 1. The van der Waals surface area contributed by atoms with Gasteiger partial charge < -0.3 is 23.8 Å². The van der Waals surface area contributed by atoms with Crippen molar-refractivity contribution in [2.75, 3.05) is 27.4 Å². The second kappa shape index (κ2) is 10.1. The zero-order chi connectivity index (χ0) is 22.3. The number of ether oxygens (including phenoxy) is 4. The van der Waals surface area contributed by atoms with Crippen LogP contribution in [0.2, 0.25) is 0 Å². The predicted octanol–water partition coefficient (Wildman–Crippen LogP) is 4.00. The second-order valence-corrected chi connectivity index (χ2v) is 7.20. The van der Waals surface area contributed by atoms with Crippen molar-refractivity contribution in [1.29, 1.82) is 0 Å². The summed E-state index contributed by atoms with van der Waals surface area (Å²) in [6.45, 7) is 0.135. The Morgan fingerprint density at radius 1 is 1.10 bits per heavy atom. The number of hydrogen-bond donors (Lipinski definition) is 1. The molecule has 1 heterocycles. The van der Waals surface area contributed by atoms with Gasteiger partial charge in [0.2, 0.25) is 5.12 Å². The standard InChI is InChI=1S/C22H23ClN2O6/c1-28-20(26)24-22(23)12-5-6-13-25(22)14-17(31-21(27)29-2)15-30-19-11-7-9-16-8-3-4-10-18(16)19/h3-13,17H,14-15H2,1-2H3,(H,24,26). The largest absolute Gasteiger partial charge is 0.508 e. The number of allylic oxidation sites excluding steroid dienone is 2. The summed E-state index contributed by atoms with van der Waals surface area (Å²) in [6.07, 6.45) is 4.32. The summed E-state index contributed by atoms with van der Waals surface area (Å²) in [5.41, 5.74) is 0. The molecule has 0 saturated carbocycles. The van der Waals surface area contributed by atoms with Gasteiger partial charge in [0, 0.05) is 11.6 Å². The van der Waals surface area contributed by atoms with Crippen LogP contribution in [0.3, 0.4) is 0 Å². The molecule has 0 aliphatic carbocycles. The van der Waals surface area contributed by atoms with Gasteiger partial charge in [-0.25, -0.2) is 9.59 Å². The molecule has 1 aliphatic rings. The first-order valence-electron chi connectivity index (χ1n) is 9.48. The van der Waals surface area contributed by atoms with Crippen molar-refractivity contribution in [1.82, 2.24) is 10.2 Å². The minimum Gasteiger partial charge on any atom is -0.489 e. The second-order valence-electron chi connectivity index (χ2n) is 6.63. The van der Waals surface area contributed by atoms with E-state index < -0.39 is 23.5 Å². The number of fused-ring (bicyclic) bond motifs is 1. The van der Waals surface area contributed by atoms with E-state index in [9.17, 15) is 9.59 Å². The van der Waals surface area contributed by atoms with Crippen LogP contribution >= 0.6 is 11.6 Å². The highest BCUT2D eigenvalue weighted by atomic mass is 35.5. The first kappa shape index (κ1) is 22.3. The number of rotatable bonds is 7. The van der Waals surface area contributed by atoms with Gasteiger partial charge in [0.1, 0.15) is 12.4 Å². The molecule has 164 valence electrons. The lowest BCUT2D eigenvalue weighted by molar-refractivity contribution is 0.00190. The van der Waals surface area contributed by atoms with E-state index in [0.717, 1.165) is 10.8 Å². The number of hydrogen-bond acceptors (Lipinski definition) is 7. The third-order valence-electron chi connectivity index (χ3n) is 4.58. The topological polar surface area (TPSA) is 86.3 Å². The van der Waals surface area contributed by atoms with Gasteiger partial charge >= 0.3 is 12.2 Å². The number of alkyl carbamates (subject to hydrolysis) is 1. The molecule has 2 aromatic carbocycles. The van der Waals surface area contributed by atoms with Crippen molar-refractivity contribution >= 4 is 34.6 Å². The highest BCUT2D eigenvalue weighted by Crippen LogP contribution is 2.27. The Hall–Kier alpha value is -3.39. The minimum atomic E-state index is -1.40. The summed E-state index contributed by atoms with van der Waals surface area (Å²) in [7, 11) is 2.46.